The van der Waals surface area contributed by atoms with Crippen LogP contribution < -0.4 is 5.32 Å². The van der Waals surface area contributed by atoms with Gasteiger partial charge >= 0.3 is 0 Å². The van der Waals surface area contributed by atoms with Crippen molar-refractivity contribution in [1.29, 1.82) is 0 Å². The van der Waals surface area contributed by atoms with Gasteiger partial charge < -0.3 is 5.32 Å². The van der Waals surface area contributed by atoms with Crippen molar-refractivity contribution < 1.29 is 4.39 Å². The summed E-state index contributed by atoms with van der Waals surface area (Å²) in [6.07, 6.45) is 0. The number of rotatable bonds is 3. The van der Waals surface area contributed by atoms with E-state index < -0.39 is 0 Å². The molecule has 0 spiro atoms. The molecule has 0 aromatic heterocycles. The van der Waals surface area contributed by atoms with Gasteiger partial charge in [0.1, 0.15) is 5.82 Å². The Labute approximate surface area is 115 Å². The fourth-order valence-corrected chi connectivity index (χ4v) is 2.56. The molecule has 1 N–H and O–H groups in total. The second-order valence-corrected chi connectivity index (χ2v) is 5.17. The van der Waals surface area contributed by atoms with Gasteiger partial charge in [0.05, 0.1) is 5.69 Å². The summed E-state index contributed by atoms with van der Waals surface area (Å²) in [4.78, 5) is 0. The highest BCUT2D eigenvalue weighted by Crippen LogP contribution is 2.28. The third-order valence-electron chi connectivity index (χ3n) is 2.95. The van der Waals surface area contributed by atoms with E-state index in [4.69, 9.17) is 0 Å². The van der Waals surface area contributed by atoms with Crippen LogP contribution in [-0.2, 0) is 0 Å². The number of anilines is 1. The zero-order chi connectivity index (χ0) is 13.1. The van der Waals surface area contributed by atoms with Crippen LogP contribution in [0.4, 0.5) is 10.1 Å². The van der Waals surface area contributed by atoms with E-state index in [1.54, 1.807) is 6.07 Å². The predicted octanol–water partition coefficient (Wildman–Crippen LogP) is 5.07. The summed E-state index contributed by atoms with van der Waals surface area (Å²) >= 11 is 3.51. The molecule has 2 rings (SSSR count). The number of benzene rings is 2. The van der Waals surface area contributed by atoms with Crippen LogP contribution in [0.25, 0.3) is 0 Å². The lowest BCUT2D eigenvalue weighted by Crippen LogP contribution is -2.09. The first-order valence-electron chi connectivity index (χ1n) is 5.85. The summed E-state index contributed by atoms with van der Waals surface area (Å²) in [5.74, 6) is -0.214. The van der Waals surface area contributed by atoms with Gasteiger partial charge in [-0.2, -0.15) is 0 Å². The summed E-state index contributed by atoms with van der Waals surface area (Å²) in [5, 5.41) is 3.23. The largest absolute Gasteiger partial charge is 0.376 e. The quantitative estimate of drug-likeness (QED) is 0.834. The Morgan fingerprint density at radius 1 is 1.11 bits per heavy atom. The second kappa shape index (κ2) is 5.53. The second-order valence-electron chi connectivity index (χ2n) is 4.32. The van der Waals surface area contributed by atoms with Crippen LogP contribution in [0.2, 0.25) is 0 Å². The molecule has 1 nitrogen and oxygen atoms in total. The van der Waals surface area contributed by atoms with Crippen LogP contribution in [-0.4, -0.2) is 0 Å². The van der Waals surface area contributed by atoms with E-state index in [1.807, 2.05) is 44.2 Å². The lowest BCUT2D eigenvalue weighted by molar-refractivity contribution is 0.626. The molecule has 0 saturated carbocycles. The Hall–Kier alpha value is -1.35. The van der Waals surface area contributed by atoms with Gasteiger partial charge in [0.2, 0.25) is 0 Å². The maximum Gasteiger partial charge on any atom is 0.146 e. The van der Waals surface area contributed by atoms with Crippen molar-refractivity contribution in [2.24, 2.45) is 0 Å². The molecule has 94 valence electrons. The van der Waals surface area contributed by atoms with Crippen LogP contribution in [0.15, 0.2) is 46.9 Å². The van der Waals surface area contributed by atoms with Crippen molar-refractivity contribution in [3.8, 4) is 0 Å². The molecular weight excluding hydrogens is 293 g/mol. The van der Waals surface area contributed by atoms with Gasteiger partial charge in [-0.25, -0.2) is 4.39 Å². The molecule has 0 aliphatic heterocycles. The zero-order valence-corrected chi connectivity index (χ0v) is 12.0. The molecule has 0 aliphatic carbocycles. The molecule has 1 atom stereocenters. The number of hydrogen-bond donors (Lipinski definition) is 1. The molecule has 0 heterocycles. The Morgan fingerprint density at radius 2 is 1.83 bits per heavy atom. The van der Waals surface area contributed by atoms with Crippen LogP contribution in [0, 0.1) is 12.7 Å². The van der Waals surface area contributed by atoms with Crippen LogP contribution in [0.1, 0.15) is 24.1 Å². The van der Waals surface area contributed by atoms with Crippen molar-refractivity contribution >= 4 is 21.6 Å². The molecule has 0 saturated heterocycles. The average Bonchev–Trinajstić information content (AvgIpc) is 2.34. The fraction of sp³-hybridized carbons (Fsp3) is 0.200. The Bertz CT molecular complexity index is 534. The molecule has 2 aromatic carbocycles. The third kappa shape index (κ3) is 2.72. The summed E-state index contributed by atoms with van der Waals surface area (Å²) in [7, 11) is 0. The van der Waals surface area contributed by atoms with Crippen LogP contribution in [0.5, 0.6) is 0 Å². The van der Waals surface area contributed by atoms with E-state index in [9.17, 15) is 4.39 Å². The van der Waals surface area contributed by atoms with Crippen molar-refractivity contribution in [3.05, 3.63) is 63.9 Å². The summed E-state index contributed by atoms with van der Waals surface area (Å²) in [6, 6.07) is 13.1. The number of para-hydroxylation sites is 1. The smallest absolute Gasteiger partial charge is 0.146 e. The van der Waals surface area contributed by atoms with Crippen molar-refractivity contribution in [1.82, 2.24) is 0 Å². The van der Waals surface area contributed by atoms with E-state index in [0.29, 0.717) is 5.69 Å². The number of halogens is 2. The Kier molecular flexibility index (Phi) is 4.02. The van der Waals surface area contributed by atoms with Gasteiger partial charge in [0.25, 0.3) is 0 Å². The molecule has 2 aromatic rings. The van der Waals surface area contributed by atoms with E-state index in [0.717, 1.165) is 15.6 Å². The first-order valence-corrected chi connectivity index (χ1v) is 6.65. The molecule has 0 bridgehead atoms. The van der Waals surface area contributed by atoms with Crippen molar-refractivity contribution in [3.63, 3.8) is 0 Å². The number of nitrogens with one attached hydrogen (secondary N) is 1. The van der Waals surface area contributed by atoms with Gasteiger partial charge in [0, 0.05) is 10.5 Å². The monoisotopic (exact) mass is 307 g/mol. The molecule has 3 heteroatoms. The van der Waals surface area contributed by atoms with Gasteiger partial charge in [-0.15, -0.1) is 0 Å². The van der Waals surface area contributed by atoms with Gasteiger partial charge in [-0.3, -0.25) is 0 Å². The minimum absolute atomic E-state index is 0.0381. The standard InChI is InChI=1S/C15H15BrFN/c1-10-6-5-9-14(17)15(10)18-11(2)12-7-3-4-8-13(12)16/h3-9,11,18H,1-2H3. The summed E-state index contributed by atoms with van der Waals surface area (Å²) in [6.45, 7) is 3.92. The zero-order valence-electron chi connectivity index (χ0n) is 10.4. The topological polar surface area (TPSA) is 12.0 Å². The highest BCUT2D eigenvalue weighted by molar-refractivity contribution is 9.10. The fourth-order valence-electron chi connectivity index (χ4n) is 1.94. The normalized spacial score (nSPS) is 12.2. The van der Waals surface area contributed by atoms with Crippen LogP contribution >= 0.6 is 15.9 Å². The van der Waals surface area contributed by atoms with E-state index in [1.165, 1.54) is 6.07 Å². The van der Waals surface area contributed by atoms with Crippen molar-refractivity contribution in [2.45, 2.75) is 19.9 Å². The van der Waals surface area contributed by atoms with Gasteiger partial charge in [-0.05, 0) is 37.1 Å². The molecule has 0 amide bonds. The summed E-state index contributed by atoms with van der Waals surface area (Å²) < 4.78 is 14.8. The van der Waals surface area contributed by atoms with Crippen molar-refractivity contribution in [2.75, 3.05) is 5.32 Å². The number of aryl methyl sites for hydroxylation is 1. The minimum atomic E-state index is -0.214. The Balaban J connectivity index is 2.27. The minimum Gasteiger partial charge on any atom is -0.376 e. The average molecular weight is 308 g/mol. The SMILES string of the molecule is Cc1cccc(F)c1NC(C)c1ccccc1Br. The lowest BCUT2D eigenvalue weighted by Gasteiger charge is -2.19. The first kappa shape index (κ1) is 13.1. The lowest BCUT2D eigenvalue weighted by atomic mass is 10.1. The van der Waals surface area contributed by atoms with Crippen LogP contribution in [0.3, 0.4) is 0 Å². The summed E-state index contributed by atoms with van der Waals surface area (Å²) in [5.41, 5.74) is 2.59. The number of hydrogen-bond acceptors (Lipinski definition) is 1. The molecule has 0 aliphatic rings. The molecular formula is C15H15BrFN. The van der Waals surface area contributed by atoms with Gasteiger partial charge in [-0.1, -0.05) is 46.3 Å². The highest BCUT2D eigenvalue weighted by Gasteiger charge is 2.12. The van der Waals surface area contributed by atoms with E-state index >= 15 is 0 Å². The predicted molar refractivity (Wildman–Crippen MR) is 77.3 cm³/mol. The maximum atomic E-state index is 13.8. The molecule has 0 fully saturated rings. The Morgan fingerprint density at radius 3 is 2.50 bits per heavy atom. The maximum absolute atomic E-state index is 13.8. The highest BCUT2D eigenvalue weighted by atomic mass is 79.9. The molecule has 1 unspecified atom stereocenters. The molecule has 18 heavy (non-hydrogen) atoms. The molecule has 0 radical (unpaired) electrons. The van der Waals surface area contributed by atoms with E-state index in [-0.39, 0.29) is 11.9 Å². The van der Waals surface area contributed by atoms with Gasteiger partial charge in [0.15, 0.2) is 0 Å². The third-order valence-corrected chi connectivity index (χ3v) is 3.68. The van der Waals surface area contributed by atoms with E-state index in [2.05, 4.69) is 21.2 Å². The first-order chi connectivity index (χ1) is 8.59.